The Balaban J connectivity index is 1.91. The van der Waals surface area contributed by atoms with Crippen LogP contribution in [-0.4, -0.2) is 39.0 Å². The lowest BCUT2D eigenvalue weighted by molar-refractivity contribution is -0.385. The molecule has 0 fully saturated rings. The third kappa shape index (κ3) is 3.22. The fourth-order valence-electron chi connectivity index (χ4n) is 2.00. The van der Waals surface area contributed by atoms with Crippen molar-refractivity contribution in [1.29, 1.82) is 0 Å². The number of aromatic nitrogens is 4. The Morgan fingerprint density at radius 1 is 1.24 bits per heavy atom. The van der Waals surface area contributed by atoms with Crippen LogP contribution in [0.2, 0.25) is 0 Å². The lowest BCUT2D eigenvalue weighted by Gasteiger charge is -2.03. The number of nitrogens with one attached hydrogen (secondary N) is 1. The molecule has 25 heavy (non-hydrogen) atoms. The monoisotopic (exact) mass is 353 g/mol. The van der Waals surface area contributed by atoms with Crippen LogP contribution in [0.3, 0.4) is 0 Å². The van der Waals surface area contributed by atoms with E-state index in [4.69, 9.17) is 9.15 Å². The highest BCUT2D eigenvalue weighted by molar-refractivity contribution is 5.67. The van der Waals surface area contributed by atoms with Gasteiger partial charge >= 0.3 is 18.2 Å². The van der Waals surface area contributed by atoms with Gasteiger partial charge in [0.25, 0.3) is 5.89 Å². The zero-order valence-electron chi connectivity index (χ0n) is 12.5. The van der Waals surface area contributed by atoms with Crippen LogP contribution in [0.1, 0.15) is 0 Å². The molecule has 1 aromatic carbocycles. The number of halogens is 2. The van der Waals surface area contributed by atoms with Crippen LogP contribution >= 0.6 is 0 Å². The van der Waals surface area contributed by atoms with Gasteiger partial charge in [-0.25, -0.2) is 0 Å². The lowest BCUT2D eigenvalue weighted by Crippen LogP contribution is -2.01. The summed E-state index contributed by atoms with van der Waals surface area (Å²) in [5.41, 5.74) is -0.147. The highest BCUT2D eigenvalue weighted by atomic mass is 19.3. The van der Waals surface area contributed by atoms with E-state index >= 15 is 0 Å². The van der Waals surface area contributed by atoms with Gasteiger partial charge in [-0.05, 0) is 24.3 Å². The second kappa shape index (κ2) is 6.51. The molecule has 1 N–H and O–H groups in total. The molecule has 0 amide bonds. The van der Waals surface area contributed by atoms with Crippen LogP contribution in [0.25, 0.3) is 23.0 Å². The number of aromatic amines is 1. The van der Waals surface area contributed by atoms with E-state index in [1.807, 2.05) is 0 Å². The number of nitrogens with zero attached hydrogens (tertiary/aromatic N) is 4. The first-order chi connectivity index (χ1) is 12.0. The average molecular weight is 353 g/mol. The van der Waals surface area contributed by atoms with Crippen molar-refractivity contribution in [2.24, 2.45) is 0 Å². The van der Waals surface area contributed by atoms with Crippen LogP contribution in [0.15, 0.2) is 28.7 Å². The third-order valence-electron chi connectivity index (χ3n) is 3.05. The van der Waals surface area contributed by atoms with Gasteiger partial charge in [-0.15, -0.1) is 15.3 Å². The summed E-state index contributed by atoms with van der Waals surface area (Å²) in [6.45, 7) is -2.93. The summed E-state index contributed by atoms with van der Waals surface area (Å²) in [6, 6.07) is 5.45. The van der Waals surface area contributed by atoms with Crippen LogP contribution in [0.4, 0.5) is 14.5 Å². The predicted molar refractivity (Wildman–Crippen MR) is 77.2 cm³/mol. The molecule has 0 unspecified atom stereocenters. The summed E-state index contributed by atoms with van der Waals surface area (Å²) in [7, 11) is 1.23. The highest BCUT2D eigenvalue weighted by Gasteiger charge is 2.30. The molecule has 3 rings (SSSR count). The van der Waals surface area contributed by atoms with Gasteiger partial charge in [-0.2, -0.15) is 8.78 Å². The van der Waals surface area contributed by atoms with Crippen molar-refractivity contribution in [2.75, 3.05) is 7.11 Å². The zero-order valence-corrected chi connectivity index (χ0v) is 12.5. The van der Waals surface area contributed by atoms with E-state index < -0.39 is 17.2 Å². The van der Waals surface area contributed by atoms with Crippen molar-refractivity contribution in [2.45, 2.75) is 6.61 Å². The minimum Gasteiger partial charge on any atom is -0.475 e. The van der Waals surface area contributed by atoms with Crippen molar-refractivity contribution >= 4 is 5.69 Å². The number of nitro groups is 1. The van der Waals surface area contributed by atoms with Gasteiger partial charge in [0.2, 0.25) is 11.6 Å². The minimum absolute atomic E-state index is 0.0291. The van der Waals surface area contributed by atoms with Crippen molar-refractivity contribution in [3.8, 4) is 34.7 Å². The summed E-state index contributed by atoms with van der Waals surface area (Å²) in [5, 5.41) is 24.7. The molecule has 0 aliphatic heterocycles. The molecule has 0 aliphatic rings. The molecule has 2 heterocycles. The molecule has 130 valence electrons. The zero-order chi connectivity index (χ0) is 18.0. The van der Waals surface area contributed by atoms with Crippen molar-refractivity contribution < 1.29 is 27.6 Å². The van der Waals surface area contributed by atoms with E-state index in [2.05, 4.69) is 25.1 Å². The number of hydrogen-bond donors (Lipinski definition) is 1. The molecule has 0 spiro atoms. The van der Waals surface area contributed by atoms with E-state index in [1.54, 1.807) is 0 Å². The van der Waals surface area contributed by atoms with E-state index in [9.17, 15) is 18.9 Å². The molecule has 0 atom stereocenters. The summed E-state index contributed by atoms with van der Waals surface area (Å²) < 4.78 is 38.7. The predicted octanol–water partition coefficient (Wildman–Crippen LogP) is 2.64. The second-order valence-electron chi connectivity index (χ2n) is 4.53. The number of benzene rings is 1. The summed E-state index contributed by atoms with van der Waals surface area (Å²) >= 11 is 0. The third-order valence-corrected chi connectivity index (χ3v) is 3.05. The molecule has 3 aromatic rings. The maximum atomic E-state index is 12.1. The maximum Gasteiger partial charge on any atom is 0.387 e. The lowest BCUT2D eigenvalue weighted by atomic mass is 10.2. The molecule has 10 nitrogen and oxygen atoms in total. The fraction of sp³-hybridized carbons (Fsp3) is 0.154. The van der Waals surface area contributed by atoms with Gasteiger partial charge in [0, 0.05) is 5.56 Å². The molecule has 12 heteroatoms. The first-order valence-electron chi connectivity index (χ1n) is 6.65. The fourth-order valence-corrected chi connectivity index (χ4v) is 2.00. The van der Waals surface area contributed by atoms with Crippen LogP contribution in [0, 0.1) is 10.1 Å². The Morgan fingerprint density at radius 2 is 1.92 bits per heavy atom. The molecular formula is C13H9F2N5O5. The smallest absolute Gasteiger partial charge is 0.387 e. The topological polar surface area (TPSA) is 129 Å². The first-order valence-corrected chi connectivity index (χ1v) is 6.65. The Morgan fingerprint density at radius 3 is 2.52 bits per heavy atom. The van der Waals surface area contributed by atoms with E-state index in [0.717, 1.165) is 0 Å². The molecule has 0 saturated carbocycles. The van der Waals surface area contributed by atoms with Crippen molar-refractivity contribution in [3.05, 3.63) is 34.4 Å². The van der Waals surface area contributed by atoms with Gasteiger partial charge in [0.15, 0.2) is 0 Å². The summed E-state index contributed by atoms with van der Waals surface area (Å²) in [6.07, 6.45) is 0. The second-order valence-corrected chi connectivity index (χ2v) is 4.53. The number of ether oxygens (including phenoxy) is 2. The number of rotatable bonds is 6. The summed E-state index contributed by atoms with van der Waals surface area (Å²) in [4.78, 5) is 10.4. The van der Waals surface area contributed by atoms with Crippen molar-refractivity contribution in [3.63, 3.8) is 0 Å². The molecule has 0 bridgehead atoms. The van der Waals surface area contributed by atoms with Gasteiger partial charge in [0.1, 0.15) is 5.75 Å². The Bertz CT molecular complexity index is 893. The first kappa shape index (κ1) is 16.3. The average Bonchev–Trinajstić information content (AvgIpc) is 3.21. The Hall–Kier alpha value is -3.57. The van der Waals surface area contributed by atoms with Crippen LogP contribution < -0.4 is 9.47 Å². The Kier molecular flexibility index (Phi) is 4.24. The quantitative estimate of drug-likeness (QED) is 0.529. The number of methoxy groups -OCH3 is 1. The van der Waals surface area contributed by atoms with E-state index in [1.165, 1.54) is 31.4 Å². The molecule has 0 saturated heterocycles. The van der Waals surface area contributed by atoms with Gasteiger partial charge < -0.3 is 13.9 Å². The standard InChI is InChI=1S/C13H9F2N5O5/c1-23-12-9(20(21)22)8(16-19-12)11-18-17-10(25-11)6-2-4-7(5-3-6)24-13(14)15/h2-5,13H,1H3,(H,16,19). The SMILES string of the molecule is COc1n[nH]c(-c2nnc(-c3ccc(OC(F)F)cc3)o2)c1[N+](=O)[O-]. The minimum atomic E-state index is -2.93. The highest BCUT2D eigenvalue weighted by Crippen LogP contribution is 2.35. The largest absolute Gasteiger partial charge is 0.475 e. The maximum absolute atomic E-state index is 12.1. The van der Waals surface area contributed by atoms with Gasteiger partial charge in [0.05, 0.1) is 12.0 Å². The number of hydrogen-bond acceptors (Lipinski definition) is 8. The molecule has 0 radical (unpaired) electrons. The molecular weight excluding hydrogens is 344 g/mol. The van der Waals surface area contributed by atoms with Crippen LogP contribution in [-0.2, 0) is 0 Å². The van der Waals surface area contributed by atoms with Gasteiger partial charge in [-0.3, -0.25) is 15.2 Å². The molecule has 2 aromatic heterocycles. The summed E-state index contributed by atoms with van der Waals surface area (Å²) in [5.74, 6) is -0.410. The van der Waals surface area contributed by atoms with Crippen LogP contribution in [0.5, 0.6) is 11.6 Å². The Labute approximate surface area is 137 Å². The molecule has 0 aliphatic carbocycles. The van der Waals surface area contributed by atoms with Gasteiger partial charge in [-0.1, -0.05) is 0 Å². The van der Waals surface area contributed by atoms with Crippen molar-refractivity contribution in [1.82, 2.24) is 20.4 Å². The van der Waals surface area contributed by atoms with E-state index in [0.29, 0.717) is 5.56 Å². The normalized spacial score (nSPS) is 10.9. The van der Waals surface area contributed by atoms with E-state index in [-0.39, 0.29) is 29.1 Å². The number of H-pyrrole nitrogens is 1. The number of alkyl halides is 2.